The smallest absolute Gasteiger partial charge is 0.354 e. The maximum atomic E-state index is 11.3. The molecule has 0 aliphatic rings. The number of methoxy groups -OCH3 is 2. The highest BCUT2D eigenvalue weighted by Crippen LogP contribution is 2.18. The van der Waals surface area contributed by atoms with Gasteiger partial charge in [0.15, 0.2) is 5.78 Å². The first kappa shape index (κ1) is 13.0. The number of ketones is 1. The number of rotatable bonds is 5. The third-order valence-electron chi connectivity index (χ3n) is 2.10. The van der Waals surface area contributed by atoms with E-state index < -0.39 is 17.9 Å². The number of Topliss-reactive ketones (excluding diaryl/α,β-unsaturated/α-hetero) is 1. The molecule has 0 aliphatic heterocycles. The zero-order chi connectivity index (χ0) is 12.8. The SMILES string of the molecule is COC(=O)C(Oc1ccc(OC)cc1)C(C)=O. The lowest BCUT2D eigenvalue weighted by Gasteiger charge is -2.14. The molecule has 0 fully saturated rings. The molecule has 0 aliphatic carbocycles. The highest BCUT2D eigenvalue weighted by Gasteiger charge is 2.26. The van der Waals surface area contributed by atoms with Gasteiger partial charge in [0.25, 0.3) is 6.10 Å². The van der Waals surface area contributed by atoms with Crippen LogP contribution in [0.3, 0.4) is 0 Å². The number of benzene rings is 1. The van der Waals surface area contributed by atoms with Gasteiger partial charge in [0.05, 0.1) is 14.2 Å². The van der Waals surface area contributed by atoms with E-state index in [1.165, 1.54) is 14.0 Å². The quantitative estimate of drug-likeness (QED) is 0.570. The molecule has 92 valence electrons. The number of ether oxygens (including phenoxy) is 3. The maximum Gasteiger partial charge on any atom is 0.354 e. The van der Waals surface area contributed by atoms with Crippen LogP contribution in [0.25, 0.3) is 0 Å². The van der Waals surface area contributed by atoms with E-state index in [4.69, 9.17) is 9.47 Å². The Kier molecular flexibility index (Phi) is 4.51. The van der Waals surface area contributed by atoms with Gasteiger partial charge in [0.2, 0.25) is 0 Å². The second-order valence-corrected chi connectivity index (χ2v) is 3.31. The lowest BCUT2D eigenvalue weighted by atomic mass is 10.2. The van der Waals surface area contributed by atoms with Crippen LogP contribution in [-0.4, -0.2) is 32.1 Å². The predicted molar refractivity (Wildman–Crippen MR) is 60.1 cm³/mol. The predicted octanol–water partition coefficient (Wildman–Crippen LogP) is 1.20. The minimum absolute atomic E-state index is 0.399. The van der Waals surface area contributed by atoms with Crippen molar-refractivity contribution in [3.8, 4) is 11.5 Å². The molecule has 0 radical (unpaired) electrons. The summed E-state index contributed by atoms with van der Waals surface area (Å²) >= 11 is 0. The molecule has 1 aromatic carbocycles. The monoisotopic (exact) mass is 238 g/mol. The molecule has 5 nitrogen and oxygen atoms in total. The van der Waals surface area contributed by atoms with Crippen LogP contribution in [0, 0.1) is 0 Å². The molecule has 1 unspecified atom stereocenters. The summed E-state index contributed by atoms with van der Waals surface area (Å²) in [6.45, 7) is 1.27. The molecule has 0 aromatic heterocycles. The first-order chi connectivity index (χ1) is 8.08. The zero-order valence-electron chi connectivity index (χ0n) is 9.93. The summed E-state index contributed by atoms with van der Waals surface area (Å²) in [6, 6.07) is 6.56. The Bertz CT molecular complexity index is 396. The van der Waals surface area contributed by atoms with Crippen LogP contribution in [-0.2, 0) is 14.3 Å². The van der Waals surface area contributed by atoms with Crippen molar-refractivity contribution in [3.63, 3.8) is 0 Å². The average molecular weight is 238 g/mol. The van der Waals surface area contributed by atoms with Crippen LogP contribution in [0.2, 0.25) is 0 Å². The highest BCUT2D eigenvalue weighted by atomic mass is 16.6. The van der Waals surface area contributed by atoms with Crippen molar-refractivity contribution in [2.75, 3.05) is 14.2 Å². The van der Waals surface area contributed by atoms with Crippen molar-refractivity contribution in [3.05, 3.63) is 24.3 Å². The summed E-state index contributed by atoms with van der Waals surface area (Å²) in [5.74, 6) is -0.0628. The van der Waals surface area contributed by atoms with Crippen LogP contribution in [0.5, 0.6) is 11.5 Å². The topological polar surface area (TPSA) is 61.8 Å². The molecular formula is C12H14O5. The van der Waals surface area contributed by atoms with E-state index in [0.29, 0.717) is 11.5 Å². The minimum atomic E-state index is -1.23. The van der Waals surface area contributed by atoms with Crippen molar-refractivity contribution >= 4 is 11.8 Å². The van der Waals surface area contributed by atoms with E-state index in [-0.39, 0.29) is 0 Å². The van der Waals surface area contributed by atoms with E-state index in [9.17, 15) is 9.59 Å². The fraction of sp³-hybridized carbons (Fsp3) is 0.333. The summed E-state index contributed by atoms with van der Waals surface area (Å²) in [5, 5.41) is 0. The maximum absolute atomic E-state index is 11.3. The van der Waals surface area contributed by atoms with Gasteiger partial charge in [-0.25, -0.2) is 4.79 Å². The molecule has 0 bridgehead atoms. The molecule has 17 heavy (non-hydrogen) atoms. The normalized spacial score (nSPS) is 11.5. The Balaban J connectivity index is 2.79. The van der Waals surface area contributed by atoms with Crippen LogP contribution < -0.4 is 9.47 Å². The van der Waals surface area contributed by atoms with Crippen molar-refractivity contribution < 1.29 is 23.8 Å². The Morgan fingerprint density at radius 3 is 2.00 bits per heavy atom. The van der Waals surface area contributed by atoms with Gasteiger partial charge in [-0.2, -0.15) is 0 Å². The second-order valence-electron chi connectivity index (χ2n) is 3.31. The van der Waals surface area contributed by atoms with E-state index in [2.05, 4.69) is 4.74 Å². The minimum Gasteiger partial charge on any atom is -0.497 e. The zero-order valence-corrected chi connectivity index (χ0v) is 9.93. The van der Waals surface area contributed by atoms with Gasteiger partial charge in [-0.15, -0.1) is 0 Å². The van der Waals surface area contributed by atoms with Gasteiger partial charge in [0.1, 0.15) is 11.5 Å². The molecule has 0 spiro atoms. The molecule has 0 saturated carbocycles. The molecule has 5 heteroatoms. The lowest BCUT2D eigenvalue weighted by molar-refractivity contribution is -0.152. The fourth-order valence-corrected chi connectivity index (χ4v) is 1.19. The van der Waals surface area contributed by atoms with Crippen molar-refractivity contribution in [1.82, 2.24) is 0 Å². The summed E-state index contributed by atoms with van der Waals surface area (Å²) in [4.78, 5) is 22.5. The van der Waals surface area contributed by atoms with Crippen molar-refractivity contribution in [2.24, 2.45) is 0 Å². The van der Waals surface area contributed by atoms with Crippen LogP contribution in [0.4, 0.5) is 0 Å². The van der Waals surface area contributed by atoms with Crippen molar-refractivity contribution in [1.29, 1.82) is 0 Å². The summed E-state index contributed by atoms with van der Waals surface area (Å²) in [6.07, 6.45) is -1.23. The van der Waals surface area contributed by atoms with Gasteiger partial charge < -0.3 is 14.2 Å². The fourth-order valence-electron chi connectivity index (χ4n) is 1.19. The molecule has 1 aromatic rings. The van der Waals surface area contributed by atoms with Gasteiger partial charge in [-0.3, -0.25) is 4.79 Å². The third kappa shape index (κ3) is 3.48. The molecule has 0 saturated heterocycles. The van der Waals surface area contributed by atoms with E-state index in [1.807, 2.05) is 0 Å². The Morgan fingerprint density at radius 1 is 1.06 bits per heavy atom. The van der Waals surface area contributed by atoms with Crippen LogP contribution in [0.1, 0.15) is 6.92 Å². The number of carbonyl (C=O) groups is 2. The largest absolute Gasteiger partial charge is 0.497 e. The molecule has 0 N–H and O–H groups in total. The first-order valence-corrected chi connectivity index (χ1v) is 4.97. The van der Waals surface area contributed by atoms with Gasteiger partial charge in [-0.05, 0) is 31.2 Å². The van der Waals surface area contributed by atoms with Crippen LogP contribution in [0.15, 0.2) is 24.3 Å². The summed E-state index contributed by atoms with van der Waals surface area (Å²) < 4.78 is 14.7. The van der Waals surface area contributed by atoms with Crippen molar-refractivity contribution in [2.45, 2.75) is 13.0 Å². The number of hydrogen-bond donors (Lipinski definition) is 0. The Morgan fingerprint density at radius 2 is 1.59 bits per heavy atom. The molecule has 0 amide bonds. The summed E-state index contributed by atoms with van der Waals surface area (Å²) in [5.41, 5.74) is 0. The van der Waals surface area contributed by atoms with Gasteiger partial charge in [0, 0.05) is 0 Å². The summed E-state index contributed by atoms with van der Waals surface area (Å²) in [7, 11) is 2.75. The van der Waals surface area contributed by atoms with E-state index in [1.54, 1.807) is 31.4 Å². The molecule has 0 heterocycles. The number of carbonyl (C=O) groups excluding carboxylic acids is 2. The van der Waals surface area contributed by atoms with E-state index >= 15 is 0 Å². The van der Waals surface area contributed by atoms with Gasteiger partial charge in [-0.1, -0.05) is 0 Å². The van der Waals surface area contributed by atoms with E-state index in [0.717, 1.165) is 0 Å². The average Bonchev–Trinajstić information content (AvgIpc) is 2.35. The number of hydrogen-bond acceptors (Lipinski definition) is 5. The Hall–Kier alpha value is -2.04. The highest BCUT2D eigenvalue weighted by molar-refractivity contribution is 6.01. The lowest BCUT2D eigenvalue weighted by Crippen LogP contribution is -2.35. The standard InChI is InChI=1S/C12H14O5/c1-8(13)11(12(14)16-3)17-10-6-4-9(15-2)5-7-10/h4-7,11H,1-3H3. The second kappa shape index (κ2) is 5.89. The molecular weight excluding hydrogens is 224 g/mol. The Labute approximate surface area is 99.3 Å². The first-order valence-electron chi connectivity index (χ1n) is 4.97. The van der Waals surface area contributed by atoms with Gasteiger partial charge >= 0.3 is 5.97 Å². The molecule has 1 atom stereocenters. The number of esters is 1. The van der Waals surface area contributed by atoms with Crippen LogP contribution >= 0.6 is 0 Å². The third-order valence-corrected chi connectivity index (χ3v) is 2.10. The molecule has 1 rings (SSSR count).